The summed E-state index contributed by atoms with van der Waals surface area (Å²) in [5.41, 5.74) is -1.40. The van der Waals surface area contributed by atoms with Crippen LogP contribution in [0.25, 0.3) is 0 Å². The summed E-state index contributed by atoms with van der Waals surface area (Å²) < 4.78 is 51.4. The second-order valence-corrected chi connectivity index (χ2v) is 5.08. The van der Waals surface area contributed by atoms with E-state index in [-0.39, 0.29) is 24.0 Å². The van der Waals surface area contributed by atoms with Gasteiger partial charge in [-0.05, 0) is 38.1 Å². The normalized spacial score (nSPS) is 18.2. The highest BCUT2D eigenvalue weighted by atomic mass is 35.5. The third-order valence-corrected chi connectivity index (χ3v) is 3.55. The Balaban J connectivity index is 0.00000242. The highest BCUT2D eigenvalue weighted by Crippen LogP contribution is 2.31. The maximum absolute atomic E-state index is 13.4. The number of likely N-dealkylation sites (tertiary alicyclic amines) is 1. The van der Waals surface area contributed by atoms with Crippen LogP contribution in [-0.2, 0) is 6.18 Å². The molecule has 2 rings (SSSR count). The molecule has 1 amide bonds. The number of nitrogens with zero attached hydrogens (tertiary/aromatic N) is 1. The van der Waals surface area contributed by atoms with Gasteiger partial charge < -0.3 is 10.2 Å². The van der Waals surface area contributed by atoms with E-state index in [0.29, 0.717) is 25.2 Å². The van der Waals surface area contributed by atoms with Crippen molar-refractivity contribution in [3.63, 3.8) is 0 Å². The van der Waals surface area contributed by atoms with E-state index in [0.717, 1.165) is 18.9 Å². The third kappa shape index (κ3) is 4.10. The molecule has 0 bridgehead atoms. The summed E-state index contributed by atoms with van der Waals surface area (Å²) in [4.78, 5) is 13.8. The average molecular weight is 341 g/mol. The van der Waals surface area contributed by atoms with Gasteiger partial charge in [-0.2, -0.15) is 13.2 Å². The predicted octanol–water partition coefficient (Wildman–Crippen LogP) is 3.09. The molecule has 1 unspecified atom stereocenters. The lowest BCUT2D eigenvalue weighted by molar-refractivity contribution is -0.137. The van der Waals surface area contributed by atoms with Crippen LogP contribution in [0.4, 0.5) is 17.6 Å². The van der Waals surface area contributed by atoms with Gasteiger partial charge in [0.15, 0.2) is 0 Å². The van der Waals surface area contributed by atoms with Gasteiger partial charge in [0, 0.05) is 24.7 Å². The van der Waals surface area contributed by atoms with Crippen LogP contribution in [0, 0.1) is 5.82 Å². The molecule has 0 saturated carbocycles. The van der Waals surface area contributed by atoms with E-state index in [1.54, 1.807) is 7.05 Å². The minimum atomic E-state index is -4.67. The zero-order valence-electron chi connectivity index (χ0n) is 11.9. The Morgan fingerprint density at radius 3 is 2.64 bits per heavy atom. The van der Waals surface area contributed by atoms with Crippen molar-refractivity contribution in [2.24, 2.45) is 0 Å². The molecular formula is C14H17ClF4N2O. The molecule has 1 atom stereocenters. The van der Waals surface area contributed by atoms with Crippen LogP contribution < -0.4 is 5.32 Å². The Bertz CT molecular complexity index is 536. The van der Waals surface area contributed by atoms with E-state index in [1.165, 1.54) is 4.90 Å². The van der Waals surface area contributed by atoms with Crippen molar-refractivity contribution in [1.29, 1.82) is 0 Å². The molecule has 1 N–H and O–H groups in total. The largest absolute Gasteiger partial charge is 0.416 e. The molecule has 1 aromatic rings. The molecular weight excluding hydrogens is 324 g/mol. The SMILES string of the molecule is CNCC1CCCN1C(=O)c1cc(F)cc(C(F)(F)F)c1.Cl. The van der Waals surface area contributed by atoms with Gasteiger partial charge >= 0.3 is 6.18 Å². The van der Waals surface area contributed by atoms with Crippen molar-refractivity contribution in [2.45, 2.75) is 25.1 Å². The fraction of sp³-hybridized carbons (Fsp3) is 0.500. The van der Waals surface area contributed by atoms with Crippen molar-refractivity contribution in [2.75, 3.05) is 20.1 Å². The second kappa shape index (κ2) is 7.28. The van der Waals surface area contributed by atoms with E-state index in [4.69, 9.17) is 0 Å². The average Bonchev–Trinajstić information content (AvgIpc) is 2.85. The van der Waals surface area contributed by atoms with Crippen molar-refractivity contribution in [3.05, 3.63) is 35.1 Å². The number of nitrogens with one attached hydrogen (secondary N) is 1. The van der Waals surface area contributed by atoms with Crippen molar-refractivity contribution in [3.8, 4) is 0 Å². The molecule has 8 heteroatoms. The van der Waals surface area contributed by atoms with E-state index in [2.05, 4.69) is 5.32 Å². The number of hydrogen-bond donors (Lipinski definition) is 1. The zero-order chi connectivity index (χ0) is 15.6. The topological polar surface area (TPSA) is 32.3 Å². The molecule has 0 spiro atoms. The minimum Gasteiger partial charge on any atom is -0.334 e. The first-order valence-electron chi connectivity index (χ1n) is 6.66. The molecule has 22 heavy (non-hydrogen) atoms. The third-order valence-electron chi connectivity index (χ3n) is 3.55. The van der Waals surface area contributed by atoms with Crippen LogP contribution in [0.3, 0.4) is 0 Å². The number of benzene rings is 1. The molecule has 1 aliphatic rings. The van der Waals surface area contributed by atoms with Gasteiger partial charge in [-0.15, -0.1) is 12.4 Å². The lowest BCUT2D eigenvalue weighted by Gasteiger charge is -2.25. The summed E-state index contributed by atoms with van der Waals surface area (Å²) in [6, 6.07) is 1.89. The Morgan fingerprint density at radius 1 is 1.36 bits per heavy atom. The highest BCUT2D eigenvalue weighted by molar-refractivity contribution is 5.94. The number of likely N-dealkylation sites (N-methyl/N-ethyl adjacent to an activating group) is 1. The Kier molecular flexibility index (Phi) is 6.19. The predicted molar refractivity (Wildman–Crippen MR) is 76.6 cm³/mol. The molecule has 0 radical (unpaired) electrons. The molecule has 0 aliphatic carbocycles. The molecule has 1 fully saturated rings. The van der Waals surface area contributed by atoms with E-state index in [1.807, 2.05) is 0 Å². The summed E-state index contributed by atoms with van der Waals surface area (Å²) in [6.07, 6.45) is -3.10. The maximum Gasteiger partial charge on any atom is 0.416 e. The van der Waals surface area contributed by atoms with Crippen molar-refractivity contribution < 1.29 is 22.4 Å². The summed E-state index contributed by atoms with van der Waals surface area (Å²) in [7, 11) is 1.74. The van der Waals surface area contributed by atoms with Crippen molar-refractivity contribution in [1.82, 2.24) is 10.2 Å². The van der Waals surface area contributed by atoms with Gasteiger partial charge in [0.25, 0.3) is 5.91 Å². The molecule has 1 saturated heterocycles. The smallest absolute Gasteiger partial charge is 0.334 e. The van der Waals surface area contributed by atoms with E-state index >= 15 is 0 Å². The van der Waals surface area contributed by atoms with E-state index < -0.39 is 23.5 Å². The fourth-order valence-corrected chi connectivity index (χ4v) is 2.59. The summed E-state index contributed by atoms with van der Waals surface area (Å²) >= 11 is 0. The first kappa shape index (κ1) is 18.7. The minimum absolute atomic E-state index is 0. The van der Waals surface area contributed by atoms with E-state index in [9.17, 15) is 22.4 Å². The van der Waals surface area contributed by atoms with Gasteiger partial charge in [-0.25, -0.2) is 4.39 Å². The zero-order valence-corrected chi connectivity index (χ0v) is 12.7. The van der Waals surface area contributed by atoms with Gasteiger partial charge in [-0.3, -0.25) is 4.79 Å². The number of carbonyl (C=O) groups excluding carboxylic acids is 1. The first-order chi connectivity index (χ1) is 9.82. The van der Waals surface area contributed by atoms with Crippen LogP contribution in [0.2, 0.25) is 0 Å². The van der Waals surface area contributed by atoms with Gasteiger partial charge in [0.05, 0.1) is 5.56 Å². The fourth-order valence-electron chi connectivity index (χ4n) is 2.59. The summed E-state index contributed by atoms with van der Waals surface area (Å²) in [5.74, 6) is -1.62. The molecule has 0 aromatic heterocycles. The molecule has 1 aliphatic heterocycles. The van der Waals surface area contributed by atoms with Crippen LogP contribution in [0.5, 0.6) is 0 Å². The quantitative estimate of drug-likeness (QED) is 0.858. The van der Waals surface area contributed by atoms with Crippen molar-refractivity contribution >= 4 is 18.3 Å². The number of carbonyl (C=O) groups is 1. The van der Waals surface area contributed by atoms with Crippen LogP contribution in [0.15, 0.2) is 18.2 Å². The Morgan fingerprint density at radius 2 is 2.05 bits per heavy atom. The maximum atomic E-state index is 13.4. The van der Waals surface area contributed by atoms with Crippen LogP contribution in [0.1, 0.15) is 28.8 Å². The monoisotopic (exact) mass is 340 g/mol. The molecule has 1 aromatic carbocycles. The first-order valence-corrected chi connectivity index (χ1v) is 6.66. The lowest BCUT2D eigenvalue weighted by atomic mass is 10.1. The molecule has 124 valence electrons. The number of halogens is 5. The van der Waals surface area contributed by atoms with Crippen LogP contribution in [-0.4, -0.2) is 37.0 Å². The van der Waals surface area contributed by atoms with Gasteiger partial charge in [0.2, 0.25) is 0 Å². The van der Waals surface area contributed by atoms with Gasteiger partial charge in [0.1, 0.15) is 5.82 Å². The standard InChI is InChI=1S/C14H16F4N2O.ClH/c1-19-8-12-3-2-4-20(12)13(21)9-5-10(14(16,17)18)7-11(15)6-9;/h5-7,12,19H,2-4,8H2,1H3;1H. The highest BCUT2D eigenvalue weighted by Gasteiger charge is 2.34. The van der Waals surface area contributed by atoms with Gasteiger partial charge in [-0.1, -0.05) is 0 Å². The lowest BCUT2D eigenvalue weighted by Crippen LogP contribution is -2.40. The van der Waals surface area contributed by atoms with Crippen LogP contribution >= 0.6 is 12.4 Å². The summed E-state index contributed by atoms with van der Waals surface area (Å²) in [6.45, 7) is 1.04. The number of hydrogen-bond acceptors (Lipinski definition) is 2. The second-order valence-electron chi connectivity index (χ2n) is 5.08. The number of rotatable bonds is 3. The Labute approximate surface area is 132 Å². The number of amides is 1. The molecule has 3 nitrogen and oxygen atoms in total. The molecule has 1 heterocycles. The summed E-state index contributed by atoms with van der Waals surface area (Å²) in [5, 5.41) is 2.95. The Hall–Kier alpha value is -1.34. The number of alkyl halides is 3.